The molecule has 0 aliphatic heterocycles. The Morgan fingerprint density at radius 3 is 2.43 bits per heavy atom. The lowest BCUT2D eigenvalue weighted by atomic mass is 10.2. The number of rotatable bonds is 5. The molecule has 1 heterocycles. The van der Waals surface area contributed by atoms with E-state index in [1.165, 1.54) is 18.5 Å². The van der Waals surface area contributed by atoms with E-state index in [2.05, 4.69) is 42.9 Å². The number of aromatic nitrogens is 1. The highest BCUT2D eigenvalue weighted by molar-refractivity contribution is 5.50. The van der Waals surface area contributed by atoms with Gasteiger partial charge in [0, 0.05) is 30.5 Å². The summed E-state index contributed by atoms with van der Waals surface area (Å²) in [4.78, 5) is 6.41. The molecule has 0 bridgehead atoms. The minimum atomic E-state index is 1.12. The largest absolute Gasteiger partial charge is 0.371 e. The summed E-state index contributed by atoms with van der Waals surface area (Å²) in [6.45, 7) is 8.73. The van der Waals surface area contributed by atoms with E-state index >= 15 is 0 Å². The van der Waals surface area contributed by atoms with Gasteiger partial charge in [-0.1, -0.05) is 13.8 Å². The number of nitrogens with zero attached hydrogens (tertiary/aromatic N) is 2. The van der Waals surface area contributed by atoms with Crippen molar-refractivity contribution in [3.8, 4) is 0 Å². The summed E-state index contributed by atoms with van der Waals surface area (Å²) in [6.07, 6.45) is 7.19. The Labute approximate surface area is 87.0 Å². The van der Waals surface area contributed by atoms with Gasteiger partial charge in [-0.25, -0.2) is 0 Å². The molecule has 1 radical (unpaired) electrons. The van der Waals surface area contributed by atoms with Gasteiger partial charge < -0.3 is 4.90 Å². The van der Waals surface area contributed by atoms with Gasteiger partial charge >= 0.3 is 0 Å². The molecule has 1 aromatic heterocycles. The van der Waals surface area contributed by atoms with Crippen LogP contribution < -0.4 is 4.90 Å². The smallest absolute Gasteiger partial charge is 0.0939 e. The Hall–Kier alpha value is -1.05. The van der Waals surface area contributed by atoms with E-state index in [1.54, 1.807) is 0 Å². The molecule has 1 aromatic rings. The second kappa shape index (κ2) is 5.63. The Bertz CT molecular complexity index is 265. The molecule has 0 atom stereocenters. The average Bonchev–Trinajstić information content (AvgIpc) is 2.18. The number of hydrogen-bond donors (Lipinski definition) is 0. The van der Waals surface area contributed by atoms with Crippen molar-refractivity contribution in [3.05, 3.63) is 24.0 Å². The second-order valence-electron chi connectivity index (χ2n) is 3.55. The quantitative estimate of drug-likeness (QED) is 0.711. The van der Waals surface area contributed by atoms with Crippen LogP contribution in [-0.2, 0) is 0 Å². The van der Waals surface area contributed by atoms with Crippen LogP contribution >= 0.6 is 0 Å². The maximum Gasteiger partial charge on any atom is 0.0939 e. The summed E-state index contributed by atoms with van der Waals surface area (Å²) in [5, 5.41) is 0. The average molecular weight is 191 g/mol. The van der Waals surface area contributed by atoms with Gasteiger partial charge in [0.05, 0.1) is 6.20 Å². The van der Waals surface area contributed by atoms with Crippen molar-refractivity contribution in [2.45, 2.75) is 33.6 Å². The SMILES string of the molecule is CCCN(CCC)c1ccn[c]c1C. The minimum Gasteiger partial charge on any atom is -0.371 e. The standard InChI is InChI=1S/C12H19N2/c1-4-8-14(9-5-2)12-6-7-13-10-11(12)3/h6-7H,4-5,8-9H2,1-3H3. The van der Waals surface area contributed by atoms with Gasteiger partial charge in [0.15, 0.2) is 0 Å². The Balaban J connectivity index is 2.81. The van der Waals surface area contributed by atoms with E-state index in [4.69, 9.17) is 0 Å². The first-order chi connectivity index (χ1) is 6.79. The molecule has 0 unspecified atom stereocenters. The number of anilines is 1. The van der Waals surface area contributed by atoms with E-state index in [1.807, 2.05) is 6.20 Å². The van der Waals surface area contributed by atoms with Crippen molar-refractivity contribution in [2.24, 2.45) is 0 Å². The van der Waals surface area contributed by atoms with Crippen LogP contribution in [0.25, 0.3) is 0 Å². The summed E-state index contributed by atoms with van der Waals surface area (Å²) < 4.78 is 0. The van der Waals surface area contributed by atoms with Crippen molar-refractivity contribution in [2.75, 3.05) is 18.0 Å². The third kappa shape index (κ3) is 2.72. The van der Waals surface area contributed by atoms with Gasteiger partial charge in [-0.15, -0.1) is 0 Å². The molecule has 2 heteroatoms. The molecule has 0 saturated carbocycles. The maximum absolute atomic E-state index is 4.00. The van der Waals surface area contributed by atoms with Gasteiger partial charge in [0.25, 0.3) is 0 Å². The monoisotopic (exact) mass is 191 g/mol. The zero-order valence-corrected chi connectivity index (χ0v) is 9.38. The van der Waals surface area contributed by atoms with Gasteiger partial charge in [-0.3, -0.25) is 4.98 Å². The molecule has 0 saturated heterocycles. The zero-order valence-electron chi connectivity index (χ0n) is 9.38. The fourth-order valence-corrected chi connectivity index (χ4v) is 1.66. The van der Waals surface area contributed by atoms with Gasteiger partial charge in [-0.2, -0.15) is 0 Å². The fraction of sp³-hybridized carbons (Fsp3) is 0.583. The fourth-order valence-electron chi connectivity index (χ4n) is 1.66. The normalized spacial score (nSPS) is 10.2. The van der Waals surface area contributed by atoms with E-state index in [-0.39, 0.29) is 0 Å². The van der Waals surface area contributed by atoms with Crippen LogP contribution in [0, 0.1) is 13.1 Å². The molecule has 2 nitrogen and oxygen atoms in total. The molecule has 0 spiro atoms. The maximum atomic E-state index is 4.00. The lowest BCUT2D eigenvalue weighted by molar-refractivity contribution is 0.742. The molecular weight excluding hydrogens is 172 g/mol. The van der Waals surface area contributed by atoms with Crippen molar-refractivity contribution < 1.29 is 0 Å². The van der Waals surface area contributed by atoms with E-state index in [9.17, 15) is 0 Å². The lowest BCUT2D eigenvalue weighted by Gasteiger charge is -2.24. The van der Waals surface area contributed by atoms with Crippen LogP contribution in [0.3, 0.4) is 0 Å². The van der Waals surface area contributed by atoms with Crippen LogP contribution in [0.15, 0.2) is 12.3 Å². The van der Waals surface area contributed by atoms with Gasteiger partial charge in [0.2, 0.25) is 0 Å². The lowest BCUT2D eigenvalue weighted by Crippen LogP contribution is -2.25. The predicted octanol–water partition coefficient (Wildman–Crippen LogP) is 2.82. The molecule has 14 heavy (non-hydrogen) atoms. The third-order valence-corrected chi connectivity index (χ3v) is 2.25. The highest BCUT2D eigenvalue weighted by atomic mass is 15.1. The summed E-state index contributed by atoms with van der Waals surface area (Å²) in [7, 11) is 0. The van der Waals surface area contributed by atoms with Crippen LogP contribution in [0.1, 0.15) is 32.3 Å². The number of aryl methyl sites for hydroxylation is 1. The van der Waals surface area contributed by atoms with Crippen molar-refractivity contribution in [1.29, 1.82) is 0 Å². The summed E-state index contributed by atoms with van der Waals surface area (Å²) in [5.74, 6) is 0. The molecule has 0 aliphatic rings. The van der Waals surface area contributed by atoms with Crippen LogP contribution in [0.2, 0.25) is 0 Å². The summed E-state index contributed by atoms with van der Waals surface area (Å²) >= 11 is 0. The van der Waals surface area contributed by atoms with Crippen LogP contribution in [0.4, 0.5) is 5.69 Å². The third-order valence-electron chi connectivity index (χ3n) is 2.25. The van der Waals surface area contributed by atoms with E-state index in [0.717, 1.165) is 18.7 Å². The Morgan fingerprint density at radius 2 is 1.93 bits per heavy atom. The molecule has 77 valence electrons. The summed E-state index contributed by atoms with van der Waals surface area (Å²) in [5.41, 5.74) is 2.43. The highest BCUT2D eigenvalue weighted by Crippen LogP contribution is 2.18. The van der Waals surface area contributed by atoms with E-state index in [0.29, 0.717) is 0 Å². The summed E-state index contributed by atoms with van der Waals surface area (Å²) in [6, 6.07) is 2.08. The van der Waals surface area contributed by atoms with E-state index < -0.39 is 0 Å². The molecule has 1 rings (SSSR count). The van der Waals surface area contributed by atoms with Crippen LogP contribution in [-0.4, -0.2) is 18.1 Å². The first kappa shape index (κ1) is 11.0. The molecular formula is C12H19N2. The first-order valence-corrected chi connectivity index (χ1v) is 5.37. The molecule has 0 N–H and O–H groups in total. The van der Waals surface area contributed by atoms with Gasteiger partial charge in [-0.05, 0) is 25.8 Å². The molecule has 0 amide bonds. The Kier molecular flexibility index (Phi) is 4.44. The predicted molar refractivity (Wildman–Crippen MR) is 60.6 cm³/mol. The van der Waals surface area contributed by atoms with Crippen molar-refractivity contribution in [1.82, 2.24) is 4.98 Å². The second-order valence-corrected chi connectivity index (χ2v) is 3.55. The zero-order chi connectivity index (χ0) is 10.4. The molecule has 0 fully saturated rings. The number of pyridine rings is 1. The Morgan fingerprint density at radius 1 is 1.29 bits per heavy atom. The van der Waals surface area contributed by atoms with Crippen molar-refractivity contribution >= 4 is 5.69 Å². The van der Waals surface area contributed by atoms with Crippen LogP contribution in [0.5, 0.6) is 0 Å². The van der Waals surface area contributed by atoms with Gasteiger partial charge in [0.1, 0.15) is 0 Å². The highest BCUT2D eigenvalue weighted by Gasteiger charge is 2.06. The number of hydrogen-bond acceptors (Lipinski definition) is 2. The minimum absolute atomic E-state index is 1.12. The van der Waals surface area contributed by atoms with Crippen molar-refractivity contribution in [3.63, 3.8) is 0 Å². The first-order valence-electron chi connectivity index (χ1n) is 5.37. The topological polar surface area (TPSA) is 16.1 Å². The molecule has 0 aromatic carbocycles. The molecule has 0 aliphatic carbocycles.